The maximum absolute atomic E-state index is 12.1. The molecule has 0 aliphatic rings. The first-order valence-electron chi connectivity index (χ1n) is 6.73. The zero-order valence-corrected chi connectivity index (χ0v) is 16.3. The lowest BCUT2D eigenvalue weighted by Gasteiger charge is -2.09. The smallest absolute Gasteiger partial charge is 0.321 e. The second kappa shape index (κ2) is 8.58. The van der Waals surface area contributed by atoms with Gasteiger partial charge < -0.3 is 4.74 Å². The van der Waals surface area contributed by atoms with Crippen molar-refractivity contribution < 1.29 is 17.9 Å². The summed E-state index contributed by atoms with van der Waals surface area (Å²) in [7, 11) is -3.92. The molecule has 0 radical (unpaired) electrons. The van der Waals surface area contributed by atoms with Crippen LogP contribution in [0.25, 0.3) is 0 Å². The standard InChI is InChI=1S/C15H11Cl4NO4S/c16-11-3-1-9(5-13(11)18)8-24-15(21)7-20-25(22,23)10-2-4-12(17)14(19)6-10/h1-6,20H,7-8H2. The molecule has 0 saturated carbocycles. The Labute approximate surface area is 164 Å². The highest BCUT2D eigenvalue weighted by Crippen LogP contribution is 2.25. The average Bonchev–Trinajstić information content (AvgIpc) is 2.56. The quantitative estimate of drug-likeness (QED) is 0.676. The van der Waals surface area contributed by atoms with Gasteiger partial charge in [-0.15, -0.1) is 0 Å². The molecule has 2 aromatic carbocycles. The summed E-state index contributed by atoms with van der Waals surface area (Å²) in [6.45, 7) is -0.603. The molecule has 134 valence electrons. The van der Waals surface area contributed by atoms with Crippen LogP contribution in [-0.4, -0.2) is 20.9 Å². The number of carbonyl (C=O) groups is 1. The van der Waals surface area contributed by atoms with E-state index < -0.39 is 22.5 Å². The lowest BCUT2D eigenvalue weighted by molar-refractivity contribution is -0.143. The largest absolute Gasteiger partial charge is 0.460 e. The molecule has 0 fully saturated rings. The molecule has 1 N–H and O–H groups in total. The van der Waals surface area contributed by atoms with Gasteiger partial charge in [-0.25, -0.2) is 8.42 Å². The summed E-state index contributed by atoms with van der Waals surface area (Å²) in [4.78, 5) is 11.6. The van der Waals surface area contributed by atoms with E-state index >= 15 is 0 Å². The highest BCUT2D eigenvalue weighted by Gasteiger charge is 2.17. The van der Waals surface area contributed by atoms with Gasteiger partial charge in [0, 0.05) is 0 Å². The van der Waals surface area contributed by atoms with Gasteiger partial charge in [-0.1, -0.05) is 52.5 Å². The minimum absolute atomic E-state index is 0.0653. The summed E-state index contributed by atoms with van der Waals surface area (Å²) in [6, 6.07) is 8.57. The SMILES string of the molecule is O=C(CNS(=O)(=O)c1ccc(Cl)c(Cl)c1)OCc1ccc(Cl)c(Cl)c1. The van der Waals surface area contributed by atoms with E-state index in [-0.39, 0.29) is 21.5 Å². The normalized spacial score (nSPS) is 11.4. The second-order valence-electron chi connectivity index (χ2n) is 4.81. The first kappa shape index (κ1) is 20.3. The van der Waals surface area contributed by atoms with Crippen LogP contribution in [0.1, 0.15) is 5.56 Å². The number of benzene rings is 2. The zero-order chi connectivity index (χ0) is 18.6. The molecular weight excluding hydrogens is 432 g/mol. The number of hydrogen-bond acceptors (Lipinski definition) is 4. The van der Waals surface area contributed by atoms with Gasteiger partial charge in [0.2, 0.25) is 10.0 Å². The summed E-state index contributed by atoms with van der Waals surface area (Å²) < 4.78 is 31.3. The van der Waals surface area contributed by atoms with Crippen molar-refractivity contribution in [3.8, 4) is 0 Å². The Bertz CT molecular complexity index is 902. The number of ether oxygens (including phenoxy) is 1. The Morgan fingerprint density at radius 1 is 0.920 bits per heavy atom. The Morgan fingerprint density at radius 3 is 2.12 bits per heavy atom. The summed E-state index contributed by atoms with van der Waals surface area (Å²) in [6.07, 6.45) is 0. The number of hydrogen-bond donors (Lipinski definition) is 1. The molecule has 0 atom stereocenters. The van der Waals surface area contributed by atoms with Crippen molar-refractivity contribution in [2.24, 2.45) is 0 Å². The summed E-state index contributed by atoms with van der Waals surface area (Å²) >= 11 is 23.2. The van der Waals surface area contributed by atoms with Gasteiger partial charge in [-0.05, 0) is 35.9 Å². The van der Waals surface area contributed by atoms with Gasteiger partial charge >= 0.3 is 5.97 Å². The van der Waals surface area contributed by atoms with Crippen LogP contribution in [0.2, 0.25) is 20.1 Å². The topological polar surface area (TPSA) is 72.5 Å². The van der Waals surface area contributed by atoms with Gasteiger partial charge in [0.15, 0.2) is 0 Å². The van der Waals surface area contributed by atoms with E-state index in [9.17, 15) is 13.2 Å². The van der Waals surface area contributed by atoms with Crippen LogP contribution in [0, 0.1) is 0 Å². The van der Waals surface area contributed by atoms with Gasteiger partial charge in [0.1, 0.15) is 13.2 Å². The molecule has 10 heteroatoms. The lowest BCUT2D eigenvalue weighted by atomic mass is 10.2. The van der Waals surface area contributed by atoms with Crippen LogP contribution in [0.4, 0.5) is 0 Å². The fourth-order valence-corrected chi connectivity index (χ4v) is 3.40. The Kier molecular flexibility index (Phi) is 6.96. The number of nitrogens with one attached hydrogen (secondary N) is 1. The molecule has 2 aromatic rings. The molecule has 5 nitrogen and oxygen atoms in total. The van der Waals surface area contributed by atoms with Crippen LogP contribution in [0.3, 0.4) is 0 Å². The third kappa shape index (κ3) is 5.74. The van der Waals surface area contributed by atoms with Crippen LogP contribution in [-0.2, 0) is 26.2 Å². The maximum atomic E-state index is 12.1. The predicted molar refractivity (Wildman–Crippen MR) is 97.9 cm³/mol. The molecule has 0 bridgehead atoms. The highest BCUT2D eigenvalue weighted by atomic mass is 35.5. The molecule has 0 amide bonds. The van der Waals surface area contributed by atoms with E-state index in [4.69, 9.17) is 51.1 Å². The zero-order valence-electron chi connectivity index (χ0n) is 12.4. The Morgan fingerprint density at radius 2 is 1.52 bits per heavy atom. The third-order valence-corrected chi connectivity index (χ3v) is 5.87. The van der Waals surface area contributed by atoms with Gasteiger partial charge in [0.05, 0.1) is 25.0 Å². The molecule has 0 spiro atoms. The van der Waals surface area contributed by atoms with Crippen molar-refractivity contribution in [3.63, 3.8) is 0 Å². The van der Waals surface area contributed by atoms with Crippen molar-refractivity contribution in [1.82, 2.24) is 4.72 Å². The van der Waals surface area contributed by atoms with Crippen molar-refractivity contribution in [3.05, 3.63) is 62.1 Å². The van der Waals surface area contributed by atoms with E-state index in [1.807, 2.05) is 0 Å². The number of carbonyl (C=O) groups excluding carboxylic acids is 1. The molecule has 0 aliphatic heterocycles. The fraction of sp³-hybridized carbons (Fsp3) is 0.133. The van der Waals surface area contributed by atoms with Crippen molar-refractivity contribution in [2.45, 2.75) is 11.5 Å². The second-order valence-corrected chi connectivity index (χ2v) is 8.21. The van der Waals surface area contributed by atoms with E-state index in [2.05, 4.69) is 4.72 Å². The minimum atomic E-state index is -3.92. The molecule has 0 aromatic heterocycles. The molecule has 0 aliphatic carbocycles. The summed E-state index contributed by atoms with van der Waals surface area (Å²) in [5.41, 5.74) is 0.620. The average molecular weight is 443 g/mol. The highest BCUT2D eigenvalue weighted by molar-refractivity contribution is 7.89. The monoisotopic (exact) mass is 441 g/mol. The molecular formula is C15H11Cl4NO4S. The summed E-state index contributed by atoms with van der Waals surface area (Å²) in [5.74, 6) is -0.755. The van der Waals surface area contributed by atoms with E-state index in [0.29, 0.717) is 15.6 Å². The van der Waals surface area contributed by atoms with Gasteiger partial charge in [0.25, 0.3) is 0 Å². The van der Waals surface area contributed by atoms with Crippen LogP contribution < -0.4 is 4.72 Å². The van der Waals surface area contributed by atoms with Gasteiger partial charge in [-0.3, -0.25) is 4.79 Å². The molecule has 2 rings (SSSR count). The van der Waals surface area contributed by atoms with E-state index in [1.165, 1.54) is 18.2 Å². The predicted octanol–water partition coefficient (Wildman–Crippen LogP) is 4.32. The molecule has 0 unspecified atom stereocenters. The fourth-order valence-electron chi connectivity index (χ4n) is 1.73. The van der Waals surface area contributed by atoms with Crippen LogP contribution in [0.5, 0.6) is 0 Å². The van der Waals surface area contributed by atoms with Crippen molar-refractivity contribution >= 4 is 62.4 Å². The molecule has 25 heavy (non-hydrogen) atoms. The number of sulfonamides is 1. The van der Waals surface area contributed by atoms with Crippen LogP contribution >= 0.6 is 46.4 Å². The maximum Gasteiger partial charge on any atom is 0.321 e. The first-order valence-corrected chi connectivity index (χ1v) is 9.73. The van der Waals surface area contributed by atoms with E-state index in [0.717, 1.165) is 0 Å². The Balaban J connectivity index is 1.92. The molecule has 0 heterocycles. The number of halogens is 4. The van der Waals surface area contributed by atoms with Crippen LogP contribution in [0.15, 0.2) is 41.3 Å². The number of rotatable bonds is 6. The first-order chi connectivity index (χ1) is 11.7. The summed E-state index contributed by atoms with van der Waals surface area (Å²) in [5, 5.41) is 1.02. The lowest BCUT2D eigenvalue weighted by Crippen LogP contribution is -2.30. The Hall–Kier alpha value is -1.02. The van der Waals surface area contributed by atoms with E-state index in [1.54, 1.807) is 18.2 Å². The van der Waals surface area contributed by atoms with Gasteiger partial charge in [-0.2, -0.15) is 4.72 Å². The third-order valence-electron chi connectivity index (χ3n) is 2.99. The minimum Gasteiger partial charge on any atom is -0.460 e. The van der Waals surface area contributed by atoms with Crippen molar-refractivity contribution in [2.75, 3.05) is 6.54 Å². The van der Waals surface area contributed by atoms with Crippen molar-refractivity contribution in [1.29, 1.82) is 0 Å². The number of esters is 1. The molecule has 0 saturated heterocycles.